The highest BCUT2D eigenvalue weighted by molar-refractivity contribution is 5.73. The molecule has 90 valence electrons. The Hall–Kier alpha value is -0.610. The fraction of sp³-hybridized carbons (Fsp3) is 0.909. The van der Waals surface area contributed by atoms with Gasteiger partial charge in [-0.1, -0.05) is 20.3 Å². The summed E-state index contributed by atoms with van der Waals surface area (Å²) in [5.74, 6) is -0.552. The van der Waals surface area contributed by atoms with Gasteiger partial charge >= 0.3 is 5.97 Å². The predicted molar refractivity (Wildman–Crippen MR) is 62.1 cm³/mol. The molecule has 0 rings (SSSR count). The van der Waals surface area contributed by atoms with E-state index in [1.54, 1.807) is 0 Å². The topological polar surface area (TPSA) is 52.6 Å². The first-order valence-electron chi connectivity index (χ1n) is 5.60. The van der Waals surface area contributed by atoms with Crippen molar-refractivity contribution in [3.63, 3.8) is 0 Å². The van der Waals surface area contributed by atoms with Crippen molar-refractivity contribution in [2.75, 3.05) is 27.2 Å². The van der Waals surface area contributed by atoms with Gasteiger partial charge in [0.25, 0.3) is 0 Å². The van der Waals surface area contributed by atoms with Crippen molar-refractivity contribution in [2.24, 2.45) is 5.92 Å². The van der Waals surface area contributed by atoms with Crippen molar-refractivity contribution in [1.29, 1.82) is 0 Å². The number of carboxylic acids is 1. The molecule has 0 saturated heterocycles. The SMILES string of the molecule is CCCC(C)C(NCCN(C)C)C(=O)O. The van der Waals surface area contributed by atoms with Crippen LogP contribution in [0.4, 0.5) is 0 Å². The third-order valence-corrected chi connectivity index (χ3v) is 2.50. The standard InChI is InChI=1S/C11H24N2O2/c1-5-6-9(2)10(11(14)15)12-7-8-13(3)4/h9-10,12H,5-8H2,1-4H3,(H,14,15). The van der Waals surface area contributed by atoms with E-state index in [0.29, 0.717) is 0 Å². The van der Waals surface area contributed by atoms with Crippen LogP contribution in [0.5, 0.6) is 0 Å². The molecule has 0 aliphatic carbocycles. The van der Waals surface area contributed by atoms with Crippen LogP contribution in [0.25, 0.3) is 0 Å². The summed E-state index contributed by atoms with van der Waals surface area (Å²) in [5, 5.41) is 12.2. The van der Waals surface area contributed by atoms with Gasteiger partial charge in [-0.05, 0) is 26.4 Å². The van der Waals surface area contributed by atoms with Gasteiger partial charge in [0.05, 0.1) is 0 Å². The minimum Gasteiger partial charge on any atom is -0.480 e. The Balaban J connectivity index is 3.99. The smallest absolute Gasteiger partial charge is 0.320 e. The van der Waals surface area contributed by atoms with Crippen molar-refractivity contribution in [3.05, 3.63) is 0 Å². The number of rotatable bonds is 8. The Morgan fingerprint density at radius 2 is 2.07 bits per heavy atom. The summed E-state index contributed by atoms with van der Waals surface area (Å²) in [4.78, 5) is 13.1. The largest absolute Gasteiger partial charge is 0.480 e. The second-order valence-electron chi connectivity index (χ2n) is 4.34. The Morgan fingerprint density at radius 3 is 2.47 bits per heavy atom. The van der Waals surface area contributed by atoms with Gasteiger partial charge in [0.2, 0.25) is 0 Å². The van der Waals surface area contributed by atoms with Gasteiger partial charge < -0.3 is 15.3 Å². The number of carbonyl (C=O) groups is 1. The van der Waals surface area contributed by atoms with Crippen LogP contribution in [-0.4, -0.2) is 49.2 Å². The second-order valence-corrected chi connectivity index (χ2v) is 4.34. The molecule has 4 nitrogen and oxygen atoms in total. The molecule has 15 heavy (non-hydrogen) atoms. The van der Waals surface area contributed by atoms with E-state index in [1.807, 2.05) is 25.9 Å². The van der Waals surface area contributed by atoms with Crippen LogP contribution in [0.2, 0.25) is 0 Å². The highest BCUT2D eigenvalue weighted by Crippen LogP contribution is 2.10. The van der Waals surface area contributed by atoms with Crippen molar-refractivity contribution in [1.82, 2.24) is 10.2 Å². The number of hydrogen-bond acceptors (Lipinski definition) is 3. The Labute approximate surface area is 92.7 Å². The monoisotopic (exact) mass is 216 g/mol. The Kier molecular flexibility index (Phi) is 7.34. The Morgan fingerprint density at radius 1 is 1.47 bits per heavy atom. The number of aliphatic carboxylic acids is 1. The van der Waals surface area contributed by atoms with Crippen LogP contribution < -0.4 is 5.32 Å². The van der Waals surface area contributed by atoms with Crippen LogP contribution in [0.3, 0.4) is 0 Å². The van der Waals surface area contributed by atoms with Gasteiger partial charge in [0.1, 0.15) is 6.04 Å². The van der Waals surface area contributed by atoms with Gasteiger partial charge in [-0.15, -0.1) is 0 Å². The lowest BCUT2D eigenvalue weighted by atomic mass is 9.97. The van der Waals surface area contributed by atoms with Gasteiger partial charge in [0, 0.05) is 13.1 Å². The maximum Gasteiger partial charge on any atom is 0.320 e. The molecule has 0 spiro atoms. The molecule has 2 atom stereocenters. The predicted octanol–water partition coefficient (Wildman–Crippen LogP) is 1.03. The summed E-state index contributed by atoms with van der Waals surface area (Å²) in [7, 11) is 3.96. The van der Waals surface area contributed by atoms with Gasteiger partial charge in [-0.25, -0.2) is 0 Å². The molecule has 0 radical (unpaired) electrons. The van der Waals surface area contributed by atoms with E-state index >= 15 is 0 Å². The van der Waals surface area contributed by atoms with Gasteiger partial charge in [-0.3, -0.25) is 4.79 Å². The number of nitrogens with one attached hydrogen (secondary N) is 1. The molecule has 0 saturated carbocycles. The molecule has 0 amide bonds. The molecule has 4 heteroatoms. The second kappa shape index (κ2) is 7.65. The molecule has 0 aromatic heterocycles. The summed E-state index contributed by atoms with van der Waals surface area (Å²) in [6.07, 6.45) is 1.98. The minimum absolute atomic E-state index is 0.190. The van der Waals surface area contributed by atoms with Gasteiger partial charge in [0.15, 0.2) is 0 Å². The molecule has 0 aromatic carbocycles. The molecule has 0 aliphatic rings. The zero-order chi connectivity index (χ0) is 11.8. The van der Waals surface area contributed by atoms with Crippen LogP contribution in [0, 0.1) is 5.92 Å². The van der Waals surface area contributed by atoms with Crippen molar-refractivity contribution < 1.29 is 9.90 Å². The fourth-order valence-corrected chi connectivity index (χ4v) is 1.60. The van der Waals surface area contributed by atoms with E-state index in [-0.39, 0.29) is 5.92 Å². The zero-order valence-corrected chi connectivity index (χ0v) is 10.3. The quantitative estimate of drug-likeness (QED) is 0.636. The molecule has 0 aromatic rings. The average Bonchev–Trinajstić information content (AvgIpc) is 2.11. The van der Waals surface area contributed by atoms with Crippen molar-refractivity contribution in [2.45, 2.75) is 32.7 Å². The first-order chi connectivity index (χ1) is 6.99. The van der Waals surface area contributed by atoms with E-state index in [1.165, 1.54) is 0 Å². The van der Waals surface area contributed by atoms with Crippen LogP contribution in [0.1, 0.15) is 26.7 Å². The van der Waals surface area contributed by atoms with Crippen molar-refractivity contribution >= 4 is 5.97 Å². The number of nitrogens with zero attached hydrogens (tertiary/aromatic N) is 1. The van der Waals surface area contributed by atoms with Crippen LogP contribution in [0.15, 0.2) is 0 Å². The Bertz CT molecular complexity index is 183. The van der Waals surface area contributed by atoms with Crippen LogP contribution >= 0.6 is 0 Å². The number of hydrogen-bond donors (Lipinski definition) is 2. The van der Waals surface area contributed by atoms with Gasteiger partial charge in [-0.2, -0.15) is 0 Å². The van der Waals surface area contributed by atoms with E-state index in [2.05, 4.69) is 12.2 Å². The fourth-order valence-electron chi connectivity index (χ4n) is 1.60. The molecule has 0 fully saturated rings. The zero-order valence-electron chi connectivity index (χ0n) is 10.3. The summed E-state index contributed by atoms with van der Waals surface area (Å²) < 4.78 is 0. The highest BCUT2D eigenvalue weighted by atomic mass is 16.4. The summed E-state index contributed by atoms with van der Waals surface area (Å²) in [5.41, 5.74) is 0. The van der Waals surface area contributed by atoms with E-state index in [9.17, 15) is 4.79 Å². The van der Waals surface area contributed by atoms with E-state index < -0.39 is 12.0 Å². The third-order valence-electron chi connectivity index (χ3n) is 2.50. The normalized spacial score (nSPS) is 15.3. The summed E-state index contributed by atoms with van der Waals surface area (Å²) >= 11 is 0. The minimum atomic E-state index is -0.741. The van der Waals surface area contributed by atoms with E-state index in [0.717, 1.165) is 25.9 Å². The first kappa shape index (κ1) is 14.4. The third kappa shape index (κ3) is 6.47. The molecule has 2 unspecified atom stereocenters. The lowest BCUT2D eigenvalue weighted by Crippen LogP contribution is -2.44. The van der Waals surface area contributed by atoms with Crippen molar-refractivity contribution in [3.8, 4) is 0 Å². The number of likely N-dealkylation sites (N-methyl/N-ethyl adjacent to an activating group) is 1. The lowest BCUT2D eigenvalue weighted by molar-refractivity contribution is -0.140. The molecule has 2 N–H and O–H groups in total. The first-order valence-corrected chi connectivity index (χ1v) is 5.60. The summed E-state index contributed by atoms with van der Waals surface area (Å²) in [6, 6.07) is -0.412. The highest BCUT2D eigenvalue weighted by Gasteiger charge is 2.22. The molecular weight excluding hydrogens is 192 g/mol. The summed E-state index contributed by atoms with van der Waals surface area (Å²) in [6.45, 7) is 5.65. The maximum atomic E-state index is 11.0. The molecule has 0 aliphatic heterocycles. The molecular formula is C11H24N2O2. The van der Waals surface area contributed by atoms with E-state index in [4.69, 9.17) is 5.11 Å². The molecule has 0 heterocycles. The lowest BCUT2D eigenvalue weighted by Gasteiger charge is -2.22. The number of carboxylic acid groups (broad SMARTS) is 1. The molecule has 0 bridgehead atoms. The van der Waals surface area contributed by atoms with Crippen LogP contribution in [-0.2, 0) is 4.79 Å². The average molecular weight is 216 g/mol. The maximum absolute atomic E-state index is 11.0.